The summed E-state index contributed by atoms with van der Waals surface area (Å²) in [6.07, 6.45) is 0. The van der Waals surface area contributed by atoms with Crippen molar-refractivity contribution in [2.24, 2.45) is 0 Å². The van der Waals surface area contributed by atoms with E-state index in [9.17, 15) is 4.79 Å². The summed E-state index contributed by atoms with van der Waals surface area (Å²) in [6.45, 7) is 5.27. The van der Waals surface area contributed by atoms with Gasteiger partial charge in [0.2, 0.25) is 0 Å². The van der Waals surface area contributed by atoms with Crippen LogP contribution in [-0.4, -0.2) is 24.1 Å². The Morgan fingerprint density at radius 3 is 2.47 bits per heavy atom. The van der Waals surface area contributed by atoms with Crippen LogP contribution >= 0.6 is 11.3 Å². The minimum Gasteiger partial charge on any atom is -0.492 e. The Labute approximate surface area is 201 Å². The van der Waals surface area contributed by atoms with Crippen molar-refractivity contribution in [3.8, 4) is 11.5 Å². The van der Waals surface area contributed by atoms with Gasteiger partial charge < -0.3 is 13.9 Å². The Kier molecular flexibility index (Phi) is 6.18. The summed E-state index contributed by atoms with van der Waals surface area (Å²) in [5.74, 6) is 1.30. The van der Waals surface area contributed by atoms with Crippen LogP contribution in [0.15, 0.2) is 77.2 Å². The first-order chi connectivity index (χ1) is 16.7. The predicted octanol–water partition coefficient (Wildman–Crippen LogP) is 6.69. The quantitative estimate of drug-likeness (QED) is 0.252. The van der Waals surface area contributed by atoms with Gasteiger partial charge in [-0.1, -0.05) is 59.9 Å². The fraction of sp³-hybridized carbons (Fsp3) is 0.185. The molecule has 0 aliphatic rings. The molecule has 0 aliphatic heterocycles. The molecular formula is C27H24N2O4S. The van der Waals surface area contributed by atoms with Gasteiger partial charge in [-0.2, -0.15) is 0 Å². The molecule has 0 aliphatic carbocycles. The summed E-state index contributed by atoms with van der Waals surface area (Å²) in [7, 11) is 0. The van der Waals surface area contributed by atoms with Crippen LogP contribution in [-0.2, 0) is 6.54 Å². The van der Waals surface area contributed by atoms with Gasteiger partial charge in [-0.25, -0.2) is 4.98 Å². The number of carbonyl (C=O) groups excluding carboxylic acids is 1. The second-order valence-corrected chi connectivity index (χ2v) is 8.64. The van der Waals surface area contributed by atoms with Crippen LogP contribution in [0.25, 0.3) is 21.2 Å². The number of hydrogen-bond acceptors (Lipinski definition) is 6. The molecule has 5 rings (SSSR count). The number of nitrogens with zero attached hydrogens (tertiary/aromatic N) is 2. The van der Waals surface area contributed by atoms with Crippen LogP contribution in [0.5, 0.6) is 11.5 Å². The third kappa shape index (κ3) is 4.22. The lowest BCUT2D eigenvalue weighted by molar-refractivity contribution is 0.0960. The molecule has 0 spiro atoms. The van der Waals surface area contributed by atoms with E-state index in [2.05, 4.69) is 0 Å². The molecule has 2 heterocycles. The largest absolute Gasteiger partial charge is 0.492 e. The number of aromatic nitrogens is 1. The van der Waals surface area contributed by atoms with Gasteiger partial charge in [-0.15, -0.1) is 0 Å². The molecular weight excluding hydrogens is 448 g/mol. The van der Waals surface area contributed by atoms with Crippen LogP contribution in [0, 0.1) is 0 Å². The van der Waals surface area contributed by atoms with E-state index in [0.717, 1.165) is 21.2 Å². The summed E-state index contributed by atoms with van der Waals surface area (Å²) in [6, 6.07) is 23.1. The fourth-order valence-corrected chi connectivity index (χ4v) is 4.82. The van der Waals surface area contributed by atoms with E-state index in [0.29, 0.717) is 42.0 Å². The summed E-state index contributed by atoms with van der Waals surface area (Å²) in [4.78, 5) is 20.3. The molecule has 172 valence electrons. The van der Waals surface area contributed by atoms with Crippen molar-refractivity contribution in [2.45, 2.75) is 20.4 Å². The van der Waals surface area contributed by atoms with Gasteiger partial charge in [0.25, 0.3) is 5.91 Å². The number of thiazole rings is 1. The minimum atomic E-state index is -0.264. The van der Waals surface area contributed by atoms with E-state index >= 15 is 0 Å². The van der Waals surface area contributed by atoms with Crippen molar-refractivity contribution in [1.82, 2.24) is 4.98 Å². The lowest BCUT2D eigenvalue weighted by atomic mass is 10.2. The van der Waals surface area contributed by atoms with Crippen LogP contribution < -0.4 is 14.4 Å². The Morgan fingerprint density at radius 1 is 0.941 bits per heavy atom. The first kappa shape index (κ1) is 22.0. The van der Waals surface area contributed by atoms with Crippen molar-refractivity contribution in [1.29, 1.82) is 0 Å². The van der Waals surface area contributed by atoms with Crippen molar-refractivity contribution in [3.63, 3.8) is 0 Å². The third-order valence-corrected chi connectivity index (χ3v) is 6.39. The van der Waals surface area contributed by atoms with E-state index in [-0.39, 0.29) is 11.7 Å². The zero-order chi connectivity index (χ0) is 23.5. The molecule has 0 saturated carbocycles. The Bertz CT molecular complexity index is 1440. The number of hydrogen-bond donors (Lipinski definition) is 0. The highest BCUT2D eigenvalue weighted by molar-refractivity contribution is 7.22. The van der Waals surface area contributed by atoms with Gasteiger partial charge in [-0.05, 0) is 43.7 Å². The van der Waals surface area contributed by atoms with Crippen LogP contribution in [0.3, 0.4) is 0 Å². The number of benzene rings is 3. The highest BCUT2D eigenvalue weighted by Crippen LogP contribution is 2.36. The predicted molar refractivity (Wildman–Crippen MR) is 135 cm³/mol. The molecule has 0 radical (unpaired) electrons. The molecule has 0 fully saturated rings. The van der Waals surface area contributed by atoms with Crippen LogP contribution in [0.1, 0.15) is 30.0 Å². The summed E-state index contributed by atoms with van der Waals surface area (Å²) >= 11 is 1.45. The van der Waals surface area contributed by atoms with Gasteiger partial charge in [0.05, 0.1) is 24.5 Å². The molecule has 34 heavy (non-hydrogen) atoms. The van der Waals surface area contributed by atoms with Gasteiger partial charge in [0, 0.05) is 5.39 Å². The molecule has 7 heteroatoms. The number of anilines is 1. The zero-order valence-corrected chi connectivity index (χ0v) is 19.8. The first-order valence-electron chi connectivity index (χ1n) is 11.2. The maximum atomic E-state index is 13.8. The Hall–Kier alpha value is -3.84. The van der Waals surface area contributed by atoms with E-state index < -0.39 is 0 Å². The topological polar surface area (TPSA) is 64.8 Å². The smallest absolute Gasteiger partial charge is 0.296 e. The molecule has 0 atom stereocenters. The molecule has 3 aromatic carbocycles. The van der Waals surface area contributed by atoms with E-state index in [4.69, 9.17) is 18.9 Å². The molecule has 0 saturated heterocycles. The fourth-order valence-electron chi connectivity index (χ4n) is 3.84. The Morgan fingerprint density at radius 2 is 1.68 bits per heavy atom. The van der Waals surface area contributed by atoms with Crippen molar-refractivity contribution in [2.75, 3.05) is 18.1 Å². The average molecular weight is 473 g/mol. The zero-order valence-electron chi connectivity index (χ0n) is 19.0. The second-order valence-electron chi connectivity index (χ2n) is 7.63. The van der Waals surface area contributed by atoms with Gasteiger partial charge >= 0.3 is 0 Å². The molecule has 2 aromatic heterocycles. The van der Waals surface area contributed by atoms with E-state index in [1.54, 1.807) is 11.0 Å². The highest BCUT2D eigenvalue weighted by Gasteiger charge is 2.26. The molecule has 1 amide bonds. The molecule has 0 bridgehead atoms. The van der Waals surface area contributed by atoms with Gasteiger partial charge in [0.1, 0.15) is 11.3 Å². The number of ether oxygens (including phenoxy) is 2. The highest BCUT2D eigenvalue weighted by atomic mass is 32.1. The SMILES string of the molecule is CCOc1cccc2sc(N(Cc3ccccc3)C(=O)c3cc4cccc(OCC)c4o3)nc12. The second kappa shape index (κ2) is 9.57. The Balaban J connectivity index is 1.59. The lowest BCUT2D eigenvalue weighted by Crippen LogP contribution is -2.30. The van der Waals surface area contributed by atoms with Crippen molar-refractivity contribution >= 4 is 43.6 Å². The van der Waals surface area contributed by atoms with Crippen LogP contribution in [0.4, 0.5) is 5.13 Å². The molecule has 6 nitrogen and oxygen atoms in total. The number of carbonyl (C=O) groups is 1. The number of fused-ring (bicyclic) bond motifs is 2. The lowest BCUT2D eigenvalue weighted by Gasteiger charge is -2.18. The number of rotatable bonds is 8. The monoisotopic (exact) mass is 472 g/mol. The summed E-state index contributed by atoms with van der Waals surface area (Å²) in [5.41, 5.74) is 2.31. The minimum absolute atomic E-state index is 0.238. The molecule has 0 unspecified atom stereocenters. The summed E-state index contributed by atoms with van der Waals surface area (Å²) in [5, 5.41) is 1.40. The van der Waals surface area contributed by atoms with E-state index in [1.165, 1.54) is 11.3 Å². The number of amides is 1. The van der Waals surface area contributed by atoms with E-state index in [1.807, 2.05) is 80.6 Å². The maximum absolute atomic E-state index is 13.8. The standard InChI is InChI=1S/C27H24N2O4S/c1-3-31-20-13-9-15-23-24(20)28-27(34-23)29(17-18-10-6-5-7-11-18)26(30)22-16-19-12-8-14-21(32-4-2)25(19)33-22/h5-16H,3-4,17H2,1-2H3. The molecule has 0 N–H and O–H groups in total. The third-order valence-electron chi connectivity index (χ3n) is 5.35. The van der Waals surface area contributed by atoms with Crippen molar-refractivity contribution < 1.29 is 18.7 Å². The molecule has 5 aromatic rings. The van der Waals surface area contributed by atoms with Gasteiger partial charge in [0.15, 0.2) is 22.2 Å². The number of furan rings is 1. The van der Waals surface area contributed by atoms with Crippen LogP contribution in [0.2, 0.25) is 0 Å². The maximum Gasteiger partial charge on any atom is 0.296 e. The summed E-state index contributed by atoms with van der Waals surface area (Å²) < 4.78 is 18.4. The number of para-hydroxylation sites is 2. The first-order valence-corrected chi connectivity index (χ1v) is 12.0. The average Bonchev–Trinajstić information content (AvgIpc) is 3.49. The van der Waals surface area contributed by atoms with Crippen molar-refractivity contribution in [3.05, 3.63) is 84.1 Å². The normalized spacial score (nSPS) is 11.1. The van der Waals surface area contributed by atoms with Gasteiger partial charge in [-0.3, -0.25) is 9.69 Å².